The van der Waals surface area contributed by atoms with Gasteiger partial charge in [-0.1, -0.05) is 174 Å². The van der Waals surface area contributed by atoms with Gasteiger partial charge in [-0.05, 0) is 79.8 Å². The number of carbonyl (C=O) groups excluding carboxylic acids is 7. The summed E-state index contributed by atoms with van der Waals surface area (Å²) in [5.41, 5.74) is 4.03. The Hall–Kier alpha value is -7.58. The third-order valence-corrected chi connectivity index (χ3v) is 13.9. The van der Waals surface area contributed by atoms with Crippen molar-refractivity contribution in [3.05, 3.63) is 167 Å². The van der Waals surface area contributed by atoms with Crippen molar-refractivity contribution in [2.75, 3.05) is 13.7 Å². The third-order valence-electron chi connectivity index (χ3n) is 13.9. The maximum Gasteiger partial charge on any atom is 0.326 e. The molecule has 0 aliphatic rings. The SMILES string of the molecule is CCCCc1ccc(-c2ccc(C(=O)C[C@H](COC(C)(C)C)C(=O)N[C@H](C)C(=O)CCC(=O)N(C)[C@H](C(=O)C[C@@H](C)C(=O)N[C@@H](CC(=O)NC(c3ccccc3)(c3ccccc3)c3ccccc3)C(=O)O)C(C)C)cc2)cc1. The molecule has 0 radical (unpaired) electrons. The topological polar surface area (TPSA) is 205 Å². The molecule has 0 bridgehead atoms. The first-order valence-electron chi connectivity index (χ1n) is 27.0. The maximum atomic E-state index is 14.1. The molecule has 4 amide bonds. The monoisotopic (exact) mass is 1060 g/mol. The van der Waals surface area contributed by atoms with Crippen molar-refractivity contribution < 1.29 is 48.2 Å². The highest BCUT2D eigenvalue weighted by atomic mass is 16.5. The highest BCUT2D eigenvalue weighted by Gasteiger charge is 2.40. The largest absolute Gasteiger partial charge is 0.480 e. The molecule has 4 N–H and O–H groups in total. The molecule has 5 rings (SSSR count). The molecular formula is C64H78N4O10. The van der Waals surface area contributed by atoms with E-state index in [-0.39, 0.29) is 38.1 Å². The minimum Gasteiger partial charge on any atom is -0.480 e. The maximum absolute atomic E-state index is 14.1. The summed E-state index contributed by atoms with van der Waals surface area (Å²) in [4.78, 5) is 110. The van der Waals surface area contributed by atoms with E-state index in [2.05, 4.69) is 47.1 Å². The molecule has 0 aliphatic carbocycles. The van der Waals surface area contributed by atoms with Crippen LogP contribution in [0.2, 0.25) is 0 Å². The van der Waals surface area contributed by atoms with Crippen molar-refractivity contribution in [1.29, 1.82) is 0 Å². The van der Waals surface area contributed by atoms with E-state index >= 15 is 0 Å². The highest BCUT2D eigenvalue weighted by Crippen LogP contribution is 2.37. The Morgan fingerprint density at radius 1 is 0.615 bits per heavy atom. The Morgan fingerprint density at radius 2 is 1.13 bits per heavy atom. The fraction of sp³-hybridized carbons (Fsp3) is 0.406. The van der Waals surface area contributed by atoms with Gasteiger partial charge in [0.25, 0.3) is 0 Å². The van der Waals surface area contributed by atoms with Crippen LogP contribution in [-0.4, -0.2) is 94.3 Å². The van der Waals surface area contributed by atoms with Crippen LogP contribution >= 0.6 is 0 Å². The molecule has 0 saturated heterocycles. The minimum absolute atomic E-state index is 0.0733. The summed E-state index contributed by atoms with van der Waals surface area (Å²) >= 11 is 0. The van der Waals surface area contributed by atoms with Crippen LogP contribution < -0.4 is 16.0 Å². The molecule has 0 aliphatic heterocycles. The van der Waals surface area contributed by atoms with Crippen LogP contribution in [0, 0.1) is 17.8 Å². The zero-order valence-corrected chi connectivity index (χ0v) is 46.7. The van der Waals surface area contributed by atoms with E-state index in [0.717, 1.165) is 47.1 Å². The van der Waals surface area contributed by atoms with Gasteiger partial charge in [0.15, 0.2) is 17.3 Å². The molecule has 14 nitrogen and oxygen atoms in total. The van der Waals surface area contributed by atoms with Crippen LogP contribution in [0.15, 0.2) is 140 Å². The van der Waals surface area contributed by atoms with Crippen molar-refractivity contribution in [1.82, 2.24) is 20.9 Å². The average molecular weight is 1060 g/mol. The molecule has 0 unspecified atom stereocenters. The number of benzene rings is 5. The van der Waals surface area contributed by atoms with Crippen molar-refractivity contribution in [3.63, 3.8) is 0 Å². The first-order chi connectivity index (χ1) is 37.0. The Labute approximate surface area is 460 Å². The number of unbranched alkanes of at least 4 members (excludes halogenated alkanes) is 1. The van der Waals surface area contributed by atoms with Crippen molar-refractivity contribution in [3.8, 4) is 11.1 Å². The molecule has 0 fully saturated rings. The Morgan fingerprint density at radius 3 is 1.60 bits per heavy atom. The van der Waals surface area contributed by atoms with Crippen LogP contribution in [-0.2, 0) is 50.3 Å². The number of carbonyl (C=O) groups is 8. The lowest BCUT2D eigenvalue weighted by molar-refractivity contribution is -0.145. The first-order valence-corrected chi connectivity index (χ1v) is 27.0. The predicted molar refractivity (Wildman–Crippen MR) is 302 cm³/mol. The number of carboxylic acid groups (broad SMARTS) is 1. The molecule has 0 heterocycles. The number of amides is 4. The number of nitrogens with zero attached hydrogens (tertiary/aromatic N) is 1. The first kappa shape index (κ1) is 61.3. The number of Topliss-reactive ketones (excluding diaryl/α,β-unsaturated/α-hetero) is 3. The van der Waals surface area contributed by atoms with Gasteiger partial charge in [-0.2, -0.15) is 0 Å². The summed E-state index contributed by atoms with van der Waals surface area (Å²) in [6.07, 6.45) is 1.59. The summed E-state index contributed by atoms with van der Waals surface area (Å²) in [5.74, 6) is -7.47. The zero-order valence-electron chi connectivity index (χ0n) is 46.7. The number of nitrogens with one attached hydrogen (secondary N) is 3. The Kier molecular flexibility index (Phi) is 22.5. The van der Waals surface area contributed by atoms with Gasteiger partial charge in [0.2, 0.25) is 23.6 Å². The molecule has 0 spiro atoms. The number of ketones is 3. The van der Waals surface area contributed by atoms with E-state index in [4.69, 9.17) is 4.74 Å². The molecule has 5 aromatic rings. The lowest BCUT2D eigenvalue weighted by Gasteiger charge is -2.37. The van der Waals surface area contributed by atoms with Gasteiger partial charge in [0, 0.05) is 44.2 Å². The van der Waals surface area contributed by atoms with Gasteiger partial charge >= 0.3 is 5.97 Å². The number of rotatable bonds is 29. The van der Waals surface area contributed by atoms with Gasteiger partial charge in [0.1, 0.15) is 11.6 Å². The highest BCUT2D eigenvalue weighted by molar-refractivity contribution is 6.00. The lowest BCUT2D eigenvalue weighted by atomic mass is 9.77. The van der Waals surface area contributed by atoms with Gasteiger partial charge in [0.05, 0.1) is 36.6 Å². The van der Waals surface area contributed by atoms with Crippen LogP contribution in [0.4, 0.5) is 0 Å². The zero-order chi connectivity index (χ0) is 57.2. The number of aryl methyl sites for hydroxylation is 1. The smallest absolute Gasteiger partial charge is 0.326 e. The normalized spacial score (nSPS) is 13.5. The quantitative estimate of drug-likeness (QED) is 0.0264. The van der Waals surface area contributed by atoms with Crippen molar-refractivity contribution >= 4 is 46.9 Å². The minimum atomic E-state index is -1.65. The van der Waals surface area contributed by atoms with E-state index < -0.39 is 94.6 Å². The lowest BCUT2D eigenvalue weighted by Crippen LogP contribution is -2.52. The summed E-state index contributed by atoms with van der Waals surface area (Å²) in [7, 11) is 1.45. The molecular weight excluding hydrogens is 985 g/mol. The van der Waals surface area contributed by atoms with Gasteiger partial charge in [-0.25, -0.2) is 4.79 Å². The number of carboxylic acids is 1. The van der Waals surface area contributed by atoms with Crippen LogP contribution in [0.25, 0.3) is 11.1 Å². The molecule has 0 aromatic heterocycles. The Balaban J connectivity index is 1.16. The van der Waals surface area contributed by atoms with Gasteiger partial charge in [-0.3, -0.25) is 33.6 Å². The number of aliphatic carboxylic acids is 1. The average Bonchev–Trinajstić information content (AvgIpc) is 3.48. The molecule has 5 atom stereocenters. The van der Waals surface area contributed by atoms with Crippen molar-refractivity contribution in [2.24, 2.45) is 17.8 Å². The van der Waals surface area contributed by atoms with Gasteiger partial charge in [-0.15, -0.1) is 0 Å². The number of ether oxygens (including phenoxy) is 1. The van der Waals surface area contributed by atoms with E-state index in [1.165, 1.54) is 31.4 Å². The predicted octanol–water partition coefficient (Wildman–Crippen LogP) is 9.70. The fourth-order valence-corrected chi connectivity index (χ4v) is 9.49. The van der Waals surface area contributed by atoms with E-state index in [9.17, 15) is 43.5 Å². The molecule has 14 heteroatoms. The molecule has 78 heavy (non-hydrogen) atoms. The second-order valence-electron chi connectivity index (χ2n) is 21.6. The van der Waals surface area contributed by atoms with Crippen molar-refractivity contribution in [2.45, 2.75) is 136 Å². The standard InChI is InChI=1S/C64H78N4O10/c1-10-11-21-45-28-30-46(31-29-45)47-32-34-48(35-33-47)55(70)39-49(41-78-63(6,7)8)61(75)65-44(5)54(69)36-37-58(73)68(9)59(42(2)3)56(71)38-43(4)60(74)66-53(62(76)77)40-57(72)67-64(50-22-15-12-16-23-50,51-24-17-13-18-25-51)52-26-19-14-20-27-52/h12-20,22-35,42-44,49,53,59H,10-11,21,36-41H2,1-9H3,(H,65,75)(H,66,74)(H,67,72)(H,76,77)/t43-,44-,49-,53+,59+/m1/s1. The van der Waals surface area contributed by atoms with Gasteiger partial charge < -0.3 is 30.7 Å². The van der Waals surface area contributed by atoms with E-state index in [0.29, 0.717) is 5.56 Å². The number of likely N-dealkylation sites (N-methyl/N-ethyl adjacent to an activating group) is 1. The Bertz CT molecular complexity index is 2710. The third kappa shape index (κ3) is 17.2. The fourth-order valence-electron chi connectivity index (χ4n) is 9.49. The van der Waals surface area contributed by atoms with Crippen LogP contribution in [0.3, 0.4) is 0 Å². The number of hydrogen-bond donors (Lipinski definition) is 4. The second-order valence-corrected chi connectivity index (χ2v) is 21.6. The molecule has 5 aromatic carbocycles. The second kappa shape index (κ2) is 28.7. The van der Waals surface area contributed by atoms with E-state index in [1.54, 1.807) is 26.0 Å². The summed E-state index contributed by atoms with van der Waals surface area (Å²) in [6, 6.07) is 39.8. The summed E-state index contributed by atoms with van der Waals surface area (Å²) in [6.45, 7) is 14.1. The van der Waals surface area contributed by atoms with E-state index in [1.807, 2.05) is 124 Å². The summed E-state index contributed by atoms with van der Waals surface area (Å²) < 4.78 is 5.96. The number of hydrogen-bond acceptors (Lipinski definition) is 9. The summed E-state index contributed by atoms with van der Waals surface area (Å²) in [5, 5.41) is 18.6. The van der Waals surface area contributed by atoms with Crippen LogP contribution in [0.1, 0.15) is 133 Å². The molecule has 414 valence electrons. The molecule has 0 saturated carbocycles. The van der Waals surface area contributed by atoms with Crippen LogP contribution in [0.5, 0.6) is 0 Å².